The molecule has 1 nitrogen and oxygen atoms in total. The Kier molecular flexibility index (Phi) is 3.15. The van der Waals surface area contributed by atoms with E-state index in [1.54, 1.807) is 0 Å². The van der Waals surface area contributed by atoms with E-state index in [1.807, 2.05) is 0 Å². The van der Waals surface area contributed by atoms with E-state index in [0.717, 1.165) is 13.0 Å². The molecule has 1 aliphatic rings. The molecule has 0 radical (unpaired) electrons. The molecule has 1 aliphatic heterocycles. The summed E-state index contributed by atoms with van der Waals surface area (Å²) in [6.45, 7) is 7.46. The Morgan fingerprint density at radius 2 is 1.75 bits per heavy atom. The summed E-state index contributed by atoms with van der Waals surface area (Å²) in [6, 6.07) is 8.84. The average Bonchev–Trinajstić information content (AvgIpc) is 2.29. The molecule has 0 N–H and O–H groups in total. The maximum absolute atomic E-state index is 5.70. The molecule has 2 rings (SSSR count). The Hall–Kier alpha value is -1.08. The third kappa shape index (κ3) is 2.53. The summed E-state index contributed by atoms with van der Waals surface area (Å²) < 4.78 is 5.70. The van der Waals surface area contributed by atoms with Gasteiger partial charge in [-0.05, 0) is 23.0 Å². The van der Waals surface area contributed by atoms with Gasteiger partial charge in [-0.1, -0.05) is 57.2 Å². The first kappa shape index (κ1) is 11.4. The van der Waals surface area contributed by atoms with Gasteiger partial charge in [0.2, 0.25) is 0 Å². The van der Waals surface area contributed by atoms with Gasteiger partial charge in [0, 0.05) is 0 Å². The van der Waals surface area contributed by atoms with Crippen molar-refractivity contribution in [1.82, 2.24) is 0 Å². The summed E-state index contributed by atoms with van der Waals surface area (Å²) in [6.07, 6.45) is 5.53. The summed E-state index contributed by atoms with van der Waals surface area (Å²) in [5.41, 5.74) is 2.89. The van der Waals surface area contributed by atoms with Crippen molar-refractivity contribution in [1.29, 1.82) is 0 Å². The van der Waals surface area contributed by atoms with Gasteiger partial charge in [-0.15, -0.1) is 0 Å². The molecule has 1 heterocycles. The maximum atomic E-state index is 5.70. The van der Waals surface area contributed by atoms with E-state index in [2.05, 4.69) is 57.2 Å². The highest BCUT2D eigenvalue weighted by Crippen LogP contribution is 2.28. The minimum Gasteiger partial charge on any atom is -0.369 e. The van der Waals surface area contributed by atoms with Crippen LogP contribution in [0.5, 0.6) is 0 Å². The first-order valence-corrected chi connectivity index (χ1v) is 5.94. The highest BCUT2D eigenvalue weighted by atomic mass is 16.5. The number of hydrogen-bond donors (Lipinski definition) is 0. The third-order valence-electron chi connectivity index (χ3n) is 3.06. The SMILES string of the molecule is CC(C)(C)c1ccc(C2CC=CCO2)cc1. The van der Waals surface area contributed by atoms with Gasteiger partial charge in [-0.3, -0.25) is 0 Å². The van der Waals surface area contributed by atoms with Crippen LogP contribution in [0.15, 0.2) is 36.4 Å². The molecule has 1 heteroatoms. The molecule has 0 aliphatic carbocycles. The Morgan fingerprint density at radius 1 is 1.06 bits per heavy atom. The van der Waals surface area contributed by atoms with Crippen molar-refractivity contribution in [2.24, 2.45) is 0 Å². The molecule has 1 atom stereocenters. The molecule has 0 fully saturated rings. The quantitative estimate of drug-likeness (QED) is 0.645. The van der Waals surface area contributed by atoms with Gasteiger partial charge in [0.25, 0.3) is 0 Å². The van der Waals surface area contributed by atoms with Crippen LogP contribution in [0.4, 0.5) is 0 Å². The van der Waals surface area contributed by atoms with Crippen LogP contribution in [-0.2, 0) is 10.2 Å². The number of hydrogen-bond acceptors (Lipinski definition) is 1. The fourth-order valence-electron chi connectivity index (χ4n) is 1.96. The van der Waals surface area contributed by atoms with Crippen molar-refractivity contribution in [3.05, 3.63) is 47.5 Å². The Labute approximate surface area is 98.1 Å². The molecule has 1 aromatic carbocycles. The molecule has 1 aromatic rings. The lowest BCUT2D eigenvalue weighted by Gasteiger charge is -2.22. The second-order valence-corrected chi connectivity index (χ2v) is 5.40. The van der Waals surface area contributed by atoms with Crippen LogP contribution >= 0.6 is 0 Å². The lowest BCUT2D eigenvalue weighted by Crippen LogP contribution is -2.12. The molecule has 0 bridgehead atoms. The van der Waals surface area contributed by atoms with E-state index in [4.69, 9.17) is 4.74 Å². The maximum Gasteiger partial charge on any atom is 0.0863 e. The van der Waals surface area contributed by atoms with Crippen molar-refractivity contribution in [2.75, 3.05) is 6.61 Å². The van der Waals surface area contributed by atoms with Crippen molar-refractivity contribution < 1.29 is 4.74 Å². The lowest BCUT2D eigenvalue weighted by atomic mass is 9.86. The van der Waals surface area contributed by atoms with Gasteiger partial charge in [-0.25, -0.2) is 0 Å². The highest BCUT2D eigenvalue weighted by molar-refractivity contribution is 5.29. The van der Waals surface area contributed by atoms with Crippen molar-refractivity contribution >= 4 is 0 Å². The predicted molar refractivity (Wildman–Crippen MR) is 67.6 cm³/mol. The third-order valence-corrected chi connectivity index (χ3v) is 3.06. The van der Waals surface area contributed by atoms with Crippen LogP contribution in [0.3, 0.4) is 0 Å². The second-order valence-electron chi connectivity index (χ2n) is 5.40. The Morgan fingerprint density at radius 3 is 2.25 bits per heavy atom. The minimum atomic E-state index is 0.228. The fraction of sp³-hybridized carbons (Fsp3) is 0.467. The summed E-state index contributed by atoms with van der Waals surface area (Å²) in [5.74, 6) is 0. The van der Waals surface area contributed by atoms with Crippen LogP contribution < -0.4 is 0 Å². The minimum absolute atomic E-state index is 0.228. The van der Waals surface area contributed by atoms with E-state index in [-0.39, 0.29) is 11.5 Å². The Bertz CT molecular complexity index is 367. The zero-order chi connectivity index (χ0) is 11.6. The van der Waals surface area contributed by atoms with E-state index in [0.29, 0.717) is 0 Å². The predicted octanol–water partition coefficient (Wildman–Crippen LogP) is 4.00. The molecule has 0 saturated carbocycles. The second kappa shape index (κ2) is 4.42. The molecule has 0 saturated heterocycles. The van der Waals surface area contributed by atoms with Crippen molar-refractivity contribution in [3.8, 4) is 0 Å². The topological polar surface area (TPSA) is 9.23 Å². The summed E-state index contributed by atoms with van der Waals surface area (Å²) in [7, 11) is 0. The molecule has 0 spiro atoms. The van der Waals surface area contributed by atoms with Crippen LogP contribution in [0, 0.1) is 0 Å². The van der Waals surface area contributed by atoms with Crippen LogP contribution in [0.1, 0.15) is 44.4 Å². The zero-order valence-electron chi connectivity index (χ0n) is 10.4. The smallest absolute Gasteiger partial charge is 0.0863 e. The van der Waals surface area contributed by atoms with Gasteiger partial charge < -0.3 is 4.74 Å². The number of rotatable bonds is 1. The van der Waals surface area contributed by atoms with Gasteiger partial charge in [0.1, 0.15) is 0 Å². The average molecular weight is 216 g/mol. The zero-order valence-corrected chi connectivity index (χ0v) is 10.4. The van der Waals surface area contributed by atoms with Gasteiger partial charge in [-0.2, -0.15) is 0 Å². The molecule has 0 aromatic heterocycles. The molecule has 86 valence electrons. The van der Waals surface area contributed by atoms with E-state index < -0.39 is 0 Å². The molecular formula is C15H20O. The van der Waals surface area contributed by atoms with Gasteiger partial charge in [0.15, 0.2) is 0 Å². The fourth-order valence-corrected chi connectivity index (χ4v) is 1.96. The molecule has 0 amide bonds. The summed E-state index contributed by atoms with van der Waals surface area (Å²) in [4.78, 5) is 0. The molecule has 16 heavy (non-hydrogen) atoms. The standard InChI is InChI=1S/C15H20O/c1-15(2,3)13-9-7-12(8-10-13)14-6-4-5-11-16-14/h4-5,7-10,14H,6,11H2,1-3H3. The van der Waals surface area contributed by atoms with E-state index in [1.165, 1.54) is 11.1 Å². The van der Waals surface area contributed by atoms with Gasteiger partial charge >= 0.3 is 0 Å². The van der Waals surface area contributed by atoms with E-state index >= 15 is 0 Å². The molecular weight excluding hydrogens is 196 g/mol. The largest absolute Gasteiger partial charge is 0.369 e. The van der Waals surface area contributed by atoms with Crippen LogP contribution in [0.25, 0.3) is 0 Å². The number of benzene rings is 1. The van der Waals surface area contributed by atoms with E-state index in [9.17, 15) is 0 Å². The summed E-state index contributed by atoms with van der Waals surface area (Å²) >= 11 is 0. The summed E-state index contributed by atoms with van der Waals surface area (Å²) in [5, 5.41) is 0. The number of ether oxygens (including phenoxy) is 1. The van der Waals surface area contributed by atoms with Gasteiger partial charge in [0.05, 0.1) is 12.7 Å². The lowest BCUT2D eigenvalue weighted by molar-refractivity contribution is 0.0677. The van der Waals surface area contributed by atoms with Crippen molar-refractivity contribution in [2.45, 2.75) is 38.7 Å². The van der Waals surface area contributed by atoms with Crippen LogP contribution in [0.2, 0.25) is 0 Å². The van der Waals surface area contributed by atoms with Crippen molar-refractivity contribution in [3.63, 3.8) is 0 Å². The molecule has 1 unspecified atom stereocenters. The first-order chi connectivity index (χ1) is 7.57. The highest BCUT2D eigenvalue weighted by Gasteiger charge is 2.16. The Balaban J connectivity index is 2.16. The van der Waals surface area contributed by atoms with Crippen LogP contribution in [-0.4, -0.2) is 6.61 Å². The monoisotopic (exact) mass is 216 g/mol. The first-order valence-electron chi connectivity index (χ1n) is 5.94. The normalized spacial score (nSPS) is 21.1.